The highest BCUT2D eigenvalue weighted by Gasteiger charge is 2.21. The van der Waals surface area contributed by atoms with Crippen molar-refractivity contribution < 1.29 is 4.79 Å². The van der Waals surface area contributed by atoms with Gasteiger partial charge in [-0.3, -0.25) is 4.79 Å². The van der Waals surface area contributed by atoms with Gasteiger partial charge in [-0.05, 0) is 37.1 Å². The average molecular weight is 316 g/mol. The molecule has 0 radical (unpaired) electrons. The van der Waals surface area contributed by atoms with E-state index in [2.05, 4.69) is 27.4 Å². The lowest BCUT2D eigenvalue weighted by atomic mass is 10.2. The molecule has 0 aromatic carbocycles. The van der Waals surface area contributed by atoms with Gasteiger partial charge in [0.1, 0.15) is 0 Å². The van der Waals surface area contributed by atoms with Crippen molar-refractivity contribution in [1.82, 2.24) is 14.9 Å². The minimum absolute atomic E-state index is 0.000993. The third kappa shape index (κ3) is 2.56. The SMILES string of the molecule is O=C(NC1CCSC1)c1cnn2ccc(N3CCCC3)cc12. The predicted octanol–water partition coefficient (Wildman–Crippen LogP) is 2.17. The summed E-state index contributed by atoms with van der Waals surface area (Å²) in [7, 11) is 0. The molecule has 0 spiro atoms. The van der Waals surface area contributed by atoms with Crippen molar-refractivity contribution in [2.24, 2.45) is 0 Å². The number of amides is 1. The summed E-state index contributed by atoms with van der Waals surface area (Å²) in [6.45, 7) is 2.20. The summed E-state index contributed by atoms with van der Waals surface area (Å²) in [5.74, 6) is 2.16. The minimum Gasteiger partial charge on any atom is -0.371 e. The van der Waals surface area contributed by atoms with Crippen LogP contribution in [0, 0.1) is 0 Å². The second-order valence-corrected chi connectivity index (χ2v) is 7.15. The summed E-state index contributed by atoms with van der Waals surface area (Å²) < 4.78 is 1.79. The Hall–Kier alpha value is -1.69. The van der Waals surface area contributed by atoms with Gasteiger partial charge in [0.2, 0.25) is 0 Å². The van der Waals surface area contributed by atoms with Crippen LogP contribution in [0.15, 0.2) is 24.5 Å². The maximum Gasteiger partial charge on any atom is 0.255 e. The van der Waals surface area contributed by atoms with Gasteiger partial charge in [-0.2, -0.15) is 16.9 Å². The summed E-state index contributed by atoms with van der Waals surface area (Å²) in [4.78, 5) is 14.9. The first-order valence-electron chi connectivity index (χ1n) is 7.92. The quantitative estimate of drug-likeness (QED) is 0.943. The normalized spacial score (nSPS) is 21.6. The second kappa shape index (κ2) is 5.83. The number of hydrogen-bond acceptors (Lipinski definition) is 4. The molecule has 2 aromatic heterocycles. The lowest BCUT2D eigenvalue weighted by Crippen LogP contribution is -2.34. The van der Waals surface area contributed by atoms with Crippen molar-refractivity contribution >= 4 is 28.9 Å². The van der Waals surface area contributed by atoms with E-state index < -0.39 is 0 Å². The van der Waals surface area contributed by atoms with Gasteiger partial charge < -0.3 is 10.2 Å². The van der Waals surface area contributed by atoms with E-state index in [1.165, 1.54) is 18.5 Å². The molecule has 0 aliphatic carbocycles. The van der Waals surface area contributed by atoms with Crippen molar-refractivity contribution in [2.45, 2.75) is 25.3 Å². The fourth-order valence-electron chi connectivity index (χ4n) is 3.23. The molecule has 1 amide bonds. The summed E-state index contributed by atoms with van der Waals surface area (Å²) in [6, 6.07) is 4.48. The monoisotopic (exact) mass is 316 g/mol. The fraction of sp³-hybridized carbons (Fsp3) is 0.500. The molecule has 4 heterocycles. The van der Waals surface area contributed by atoms with Crippen LogP contribution >= 0.6 is 11.8 Å². The molecule has 1 unspecified atom stereocenters. The van der Waals surface area contributed by atoms with Gasteiger partial charge in [0, 0.05) is 36.8 Å². The van der Waals surface area contributed by atoms with Gasteiger partial charge in [-0.25, -0.2) is 4.52 Å². The Balaban J connectivity index is 1.62. The predicted molar refractivity (Wildman–Crippen MR) is 89.8 cm³/mol. The number of carbonyl (C=O) groups is 1. The number of hydrogen-bond donors (Lipinski definition) is 1. The highest BCUT2D eigenvalue weighted by Crippen LogP contribution is 2.24. The van der Waals surface area contributed by atoms with E-state index in [-0.39, 0.29) is 5.91 Å². The number of anilines is 1. The highest BCUT2D eigenvalue weighted by atomic mass is 32.2. The molecule has 4 rings (SSSR count). The van der Waals surface area contributed by atoms with Crippen LogP contribution in [0.2, 0.25) is 0 Å². The van der Waals surface area contributed by atoms with Crippen molar-refractivity contribution in [1.29, 1.82) is 0 Å². The van der Waals surface area contributed by atoms with E-state index in [9.17, 15) is 4.79 Å². The number of nitrogens with one attached hydrogen (secondary N) is 1. The summed E-state index contributed by atoms with van der Waals surface area (Å²) in [5, 5.41) is 7.45. The van der Waals surface area contributed by atoms with Crippen molar-refractivity contribution in [3.63, 3.8) is 0 Å². The first-order valence-corrected chi connectivity index (χ1v) is 9.08. The Morgan fingerprint density at radius 2 is 2.23 bits per heavy atom. The smallest absolute Gasteiger partial charge is 0.255 e. The Kier molecular flexibility index (Phi) is 3.70. The number of pyridine rings is 1. The molecule has 2 aromatic rings. The number of aromatic nitrogens is 2. The van der Waals surface area contributed by atoms with E-state index in [0.29, 0.717) is 11.6 Å². The van der Waals surface area contributed by atoms with E-state index in [4.69, 9.17) is 0 Å². The molecule has 2 fully saturated rings. The molecule has 5 nitrogen and oxygen atoms in total. The van der Waals surface area contributed by atoms with E-state index in [1.807, 2.05) is 18.0 Å². The Labute approximate surface area is 134 Å². The van der Waals surface area contributed by atoms with E-state index >= 15 is 0 Å². The van der Waals surface area contributed by atoms with Gasteiger partial charge in [0.15, 0.2) is 0 Å². The molecule has 116 valence electrons. The fourth-order valence-corrected chi connectivity index (χ4v) is 4.38. The lowest BCUT2D eigenvalue weighted by Gasteiger charge is -2.17. The van der Waals surface area contributed by atoms with E-state index in [0.717, 1.165) is 36.5 Å². The maximum absolute atomic E-state index is 12.5. The van der Waals surface area contributed by atoms with Crippen molar-refractivity contribution in [2.75, 3.05) is 29.5 Å². The zero-order chi connectivity index (χ0) is 14.9. The Bertz CT molecular complexity index is 687. The summed E-state index contributed by atoms with van der Waals surface area (Å²) in [5.41, 5.74) is 2.77. The van der Waals surface area contributed by atoms with Crippen molar-refractivity contribution in [3.05, 3.63) is 30.1 Å². The first kappa shape index (κ1) is 13.9. The number of nitrogens with zero attached hydrogens (tertiary/aromatic N) is 3. The first-order chi connectivity index (χ1) is 10.8. The van der Waals surface area contributed by atoms with Crippen LogP contribution in [0.5, 0.6) is 0 Å². The highest BCUT2D eigenvalue weighted by molar-refractivity contribution is 7.99. The number of rotatable bonds is 3. The average Bonchev–Trinajstić information content (AvgIpc) is 3.27. The van der Waals surface area contributed by atoms with Gasteiger partial charge in [-0.1, -0.05) is 0 Å². The van der Waals surface area contributed by atoms with Crippen LogP contribution in [0.4, 0.5) is 5.69 Å². The Morgan fingerprint density at radius 3 is 3.00 bits per heavy atom. The number of fused-ring (bicyclic) bond motifs is 1. The molecular weight excluding hydrogens is 296 g/mol. The molecule has 6 heteroatoms. The molecule has 22 heavy (non-hydrogen) atoms. The van der Waals surface area contributed by atoms with Crippen LogP contribution < -0.4 is 10.2 Å². The lowest BCUT2D eigenvalue weighted by molar-refractivity contribution is 0.0943. The second-order valence-electron chi connectivity index (χ2n) is 6.00. The summed E-state index contributed by atoms with van der Waals surface area (Å²) in [6.07, 6.45) is 7.19. The molecular formula is C16H20N4OS. The minimum atomic E-state index is 0.000993. The van der Waals surface area contributed by atoms with Gasteiger partial charge in [0.05, 0.1) is 17.3 Å². The molecule has 2 saturated heterocycles. The maximum atomic E-state index is 12.5. The third-order valence-corrected chi connectivity index (χ3v) is 5.65. The largest absolute Gasteiger partial charge is 0.371 e. The van der Waals surface area contributed by atoms with Crippen LogP contribution in [-0.4, -0.2) is 46.2 Å². The zero-order valence-electron chi connectivity index (χ0n) is 12.5. The van der Waals surface area contributed by atoms with Crippen LogP contribution in [-0.2, 0) is 0 Å². The van der Waals surface area contributed by atoms with Crippen LogP contribution in [0.25, 0.3) is 5.52 Å². The number of carbonyl (C=O) groups excluding carboxylic acids is 1. The number of thioether (sulfide) groups is 1. The molecule has 2 aliphatic heterocycles. The third-order valence-electron chi connectivity index (χ3n) is 4.49. The van der Waals surface area contributed by atoms with E-state index in [1.54, 1.807) is 10.7 Å². The molecule has 0 saturated carbocycles. The molecule has 1 N–H and O–H groups in total. The summed E-state index contributed by atoms with van der Waals surface area (Å²) >= 11 is 1.90. The Morgan fingerprint density at radius 1 is 1.36 bits per heavy atom. The van der Waals surface area contributed by atoms with Gasteiger partial charge in [0.25, 0.3) is 5.91 Å². The van der Waals surface area contributed by atoms with Crippen molar-refractivity contribution in [3.8, 4) is 0 Å². The van der Waals surface area contributed by atoms with Gasteiger partial charge in [-0.15, -0.1) is 0 Å². The zero-order valence-corrected chi connectivity index (χ0v) is 13.3. The molecule has 1 atom stereocenters. The van der Waals surface area contributed by atoms with Gasteiger partial charge >= 0.3 is 0 Å². The topological polar surface area (TPSA) is 49.6 Å². The molecule has 2 aliphatic rings. The van der Waals surface area contributed by atoms with Crippen LogP contribution in [0.3, 0.4) is 0 Å². The van der Waals surface area contributed by atoms with Crippen LogP contribution in [0.1, 0.15) is 29.6 Å². The standard InChI is InChI=1S/C16H20N4OS/c21-16(18-12-4-8-22-11-12)14-10-17-20-7-3-13(9-15(14)20)19-5-1-2-6-19/h3,7,9-10,12H,1-2,4-6,8,11H2,(H,18,21). The molecule has 0 bridgehead atoms.